The molecule has 0 aromatic heterocycles. The van der Waals surface area contributed by atoms with Crippen molar-refractivity contribution in [3.63, 3.8) is 0 Å². The zero-order chi connectivity index (χ0) is 13.1. The van der Waals surface area contributed by atoms with Crippen molar-refractivity contribution in [3.8, 4) is 5.75 Å². The number of ether oxygens (including phenoxy) is 1. The summed E-state index contributed by atoms with van der Waals surface area (Å²) in [6.45, 7) is 7.28. The fraction of sp³-hybridized carbons (Fsp3) is 0.625. The maximum absolute atomic E-state index is 5.43. The van der Waals surface area contributed by atoms with Gasteiger partial charge < -0.3 is 10.1 Å². The topological polar surface area (TPSA) is 21.3 Å². The molecule has 0 amide bonds. The molecule has 0 unspecified atom stereocenters. The zero-order valence-electron chi connectivity index (χ0n) is 11.9. The van der Waals surface area contributed by atoms with Crippen LogP contribution < -0.4 is 10.1 Å². The summed E-state index contributed by atoms with van der Waals surface area (Å²) in [5.41, 5.74) is 1.42. The molecule has 0 radical (unpaired) electrons. The highest BCUT2D eigenvalue weighted by atomic mass is 16.5. The molecule has 0 spiro atoms. The molecule has 0 bridgehead atoms. The third-order valence-corrected chi connectivity index (χ3v) is 2.98. The largest absolute Gasteiger partial charge is 0.494 e. The van der Waals surface area contributed by atoms with Crippen LogP contribution in [0.15, 0.2) is 24.3 Å². The summed E-state index contributed by atoms with van der Waals surface area (Å²) in [7, 11) is 0. The molecule has 0 aliphatic heterocycles. The highest BCUT2D eigenvalue weighted by molar-refractivity contribution is 5.27. The maximum atomic E-state index is 5.43. The number of aryl methyl sites for hydroxylation is 1. The summed E-state index contributed by atoms with van der Waals surface area (Å²) in [6, 6.07) is 8.50. The highest BCUT2D eigenvalue weighted by Gasteiger charge is 1.95. The monoisotopic (exact) mass is 249 g/mol. The van der Waals surface area contributed by atoms with Gasteiger partial charge in [0.1, 0.15) is 5.75 Å². The molecular formula is C16H27NO. The molecule has 0 saturated carbocycles. The molecule has 18 heavy (non-hydrogen) atoms. The lowest BCUT2D eigenvalue weighted by Gasteiger charge is -2.05. The number of benzene rings is 1. The van der Waals surface area contributed by atoms with Crippen LogP contribution in [-0.4, -0.2) is 19.7 Å². The van der Waals surface area contributed by atoms with Crippen molar-refractivity contribution in [2.75, 3.05) is 19.7 Å². The molecule has 1 rings (SSSR count). The SMILES string of the molecule is CCCNCCCCCc1ccc(OCC)cc1. The Bertz CT molecular complexity index is 294. The molecule has 0 saturated heterocycles. The Balaban J connectivity index is 2.08. The van der Waals surface area contributed by atoms with Gasteiger partial charge in [-0.15, -0.1) is 0 Å². The number of unbranched alkanes of at least 4 members (excludes halogenated alkanes) is 2. The molecule has 0 fully saturated rings. The summed E-state index contributed by atoms with van der Waals surface area (Å²) < 4.78 is 5.43. The number of hydrogen-bond donors (Lipinski definition) is 1. The Morgan fingerprint density at radius 1 is 0.944 bits per heavy atom. The lowest BCUT2D eigenvalue weighted by Crippen LogP contribution is -2.15. The van der Waals surface area contributed by atoms with Crippen molar-refractivity contribution in [3.05, 3.63) is 29.8 Å². The van der Waals surface area contributed by atoms with Crippen LogP contribution >= 0.6 is 0 Å². The first-order valence-corrected chi connectivity index (χ1v) is 7.29. The van der Waals surface area contributed by atoms with E-state index in [9.17, 15) is 0 Å². The zero-order valence-corrected chi connectivity index (χ0v) is 11.9. The van der Waals surface area contributed by atoms with Gasteiger partial charge in [-0.2, -0.15) is 0 Å². The van der Waals surface area contributed by atoms with E-state index >= 15 is 0 Å². The van der Waals surface area contributed by atoms with E-state index in [-0.39, 0.29) is 0 Å². The van der Waals surface area contributed by atoms with Crippen LogP contribution in [0.2, 0.25) is 0 Å². The van der Waals surface area contributed by atoms with Gasteiger partial charge in [-0.1, -0.05) is 25.5 Å². The van der Waals surface area contributed by atoms with E-state index in [4.69, 9.17) is 4.74 Å². The normalized spacial score (nSPS) is 10.6. The first-order valence-electron chi connectivity index (χ1n) is 7.29. The Morgan fingerprint density at radius 2 is 1.72 bits per heavy atom. The van der Waals surface area contributed by atoms with Crippen LogP contribution in [0, 0.1) is 0 Å². The van der Waals surface area contributed by atoms with E-state index in [1.807, 2.05) is 6.92 Å². The molecular weight excluding hydrogens is 222 g/mol. The average Bonchev–Trinajstić information content (AvgIpc) is 2.40. The van der Waals surface area contributed by atoms with E-state index in [2.05, 4.69) is 36.5 Å². The predicted molar refractivity (Wildman–Crippen MR) is 78.3 cm³/mol. The fourth-order valence-corrected chi connectivity index (χ4v) is 1.98. The molecule has 0 aliphatic rings. The molecule has 0 aliphatic carbocycles. The third kappa shape index (κ3) is 6.65. The van der Waals surface area contributed by atoms with E-state index in [0.29, 0.717) is 0 Å². The fourth-order valence-electron chi connectivity index (χ4n) is 1.98. The Morgan fingerprint density at radius 3 is 2.39 bits per heavy atom. The minimum Gasteiger partial charge on any atom is -0.494 e. The minimum atomic E-state index is 0.740. The summed E-state index contributed by atoms with van der Waals surface area (Å²) in [6.07, 6.45) is 6.29. The number of rotatable bonds is 10. The van der Waals surface area contributed by atoms with Crippen molar-refractivity contribution in [2.24, 2.45) is 0 Å². The average molecular weight is 249 g/mol. The quantitative estimate of drug-likeness (QED) is 0.637. The van der Waals surface area contributed by atoms with Crippen molar-refractivity contribution in [1.82, 2.24) is 5.32 Å². The van der Waals surface area contributed by atoms with Gasteiger partial charge >= 0.3 is 0 Å². The number of hydrogen-bond acceptors (Lipinski definition) is 2. The lowest BCUT2D eigenvalue weighted by atomic mass is 10.1. The van der Waals surface area contributed by atoms with Crippen LogP contribution in [0.4, 0.5) is 0 Å². The van der Waals surface area contributed by atoms with E-state index in [1.54, 1.807) is 0 Å². The molecule has 1 aromatic rings. The minimum absolute atomic E-state index is 0.740. The Kier molecular flexibility index (Phi) is 8.32. The predicted octanol–water partition coefficient (Wildman–Crippen LogP) is 3.80. The molecule has 2 heteroatoms. The first kappa shape index (κ1) is 15.0. The Labute approximate surface area is 112 Å². The van der Waals surface area contributed by atoms with Gasteiger partial charge in [0.15, 0.2) is 0 Å². The molecule has 1 N–H and O–H groups in total. The molecule has 2 nitrogen and oxygen atoms in total. The van der Waals surface area contributed by atoms with E-state index in [0.717, 1.165) is 25.4 Å². The van der Waals surface area contributed by atoms with Gasteiger partial charge in [-0.25, -0.2) is 0 Å². The van der Waals surface area contributed by atoms with Crippen molar-refractivity contribution in [2.45, 2.75) is 46.0 Å². The smallest absolute Gasteiger partial charge is 0.119 e. The molecule has 0 atom stereocenters. The lowest BCUT2D eigenvalue weighted by molar-refractivity contribution is 0.340. The maximum Gasteiger partial charge on any atom is 0.119 e. The van der Waals surface area contributed by atoms with Gasteiger partial charge in [0.25, 0.3) is 0 Å². The number of nitrogens with one attached hydrogen (secondary N) is 1. The van der Waals surface area contributed by atoms with Crippen LogP contribution in [-0.2, 0) is 6.42 Å². The van der Waals surface area contributed by atoms with Gasteiger partial charge in [0.05, 0.1) is 6.61 Å². The highest BCUT2D eigenvalue weighted by Crippen LogP contribution is 2.14. The van der Waals surface area contributed by atoms with Crippen LogP contribution in [0.5, 0.6) is 5.75 Å². The Hall–Kier alpha value is -1.02. The second-order valence-corrected chi connectivity index (χ2v) is 4.64. The van der Waals surface area contributed by atoms with Gasteiger partial charge in [-0.05, 0) is 63.4 Å². The van der Waals surface area contributed by atoms with Crippen molar-refractivity contribution >= 4 is 0 Å². The van der Waals surface area contributed by atoms with Gasteiger partial charge in [0, 0.05) is 0 Å². The third-order valence-electron chi connectivity index (χ3n) is 2.98. The second kappa shape index (κ2) is 9.95. The molecule has 102 valence electrons. The van der Waals surface area contributed by atoms with Crippen LogP contribution in [0.25, 0.3) is 0 Å². The van der Waals surface area contributed by atoms with Crippen LogP contribution in [0.3, 0.4) is 0 Å². The molecule has 0 heterocycles. The van der Waals surface area contributed by atoms with Crippen molar-refractivity contribution in [1.29, 1.82) is 0 Å². The summed E-state index contributed by atoms with van der Waals surface area (Å²) in [4.78, 5) is 0. The summed E-state index contributed by atoms with van der Waals surface area (Å²) in [5.74, 6) is 0.977. The standard InChI is InChI=1S/C16H27NO/c1-3-13-17-14-7-5-6-8-15-9-11-16(12-10-15)18-4-2/h9-12,17H,3-8,13-14H2,1-2H3. The molecule has 1 aromatic carbocycles. The van der Waals surface area contributed by atoms with Gasteiger partial charge in [0.2, 0.25) is 0 Å². The van der Waals surface area contributed by atoms with E-state index < -0.39 is 0 Å². The van der Waals surface area contributed by atoms with Crippen LogP contribution in [0.1, 0.15) is 45.1 Å². The van der Waals surface area contributed by atoms with Crippen molar-refractivity contribution < 1.29 is 4.74 Å². The summed E-state index contributed by atoms with van der Waals surface area (Å²) >= 11 is 0. The first-order chi connectivity index (χ1) is 8.86. The second-order valence-electron chi connectivity index (χ2n) is 4.64. The van der Waals surface area contributed by atoms with Gasteiger partial charge in [-0.3, -0.25) is 0 Å². The van der Waals surface area contributed by atoms with E-state index in [1.165, 1.54) is 37.7 Å². The summed E-state index contributed by atoms with van der Waals surface area (Å²) in [5, 5.41) is 3.44.